The molecule has 0 unspecified atom stereocenters. The van der Waals surface area contributed by atoms with Gasteiger partial charge in [-0.15, -0.1) is 0 Å². The predicted octanol–water partition coefficient (Wildman–Crippen LogP) is 1.07. The number of nitrogen functional groups attached to an aromatic ring is 1. The van der Waals surface area contributed by atoms with E-state index in [-0.39, 0.29) is 11.4 Å². The lowest BCUT2D eigenvalue weighted by Crippen LogP contribution is -1.98. The summed E-state index contributed by atoms with van der Waals surface area (Å²) in [6.45, 7) is 0. The van der Waals surface area contributed by atoms with E-state index in [1.807, 2.05) is 12.1 Å². The highest BCUT2D eigenvalue weighted by Crippen LogP contribution is 2.18. The largest absolute Gasteiger partial charge is 0.399 e. The van der Waals surface area contributed by atoms with Crippen LogP contribution in [-0.4, -0.2) is 19.5 Å². The molecule has 0 aliphatic heterocycles. The first-order valence-electron chi connectivity index (χ1n) is 5.36. The van der Waals surface area contributed by atoms with Crippen molar-refractivity contribution in [3.8, 4) is 18.1 Å². The zero-order valence-electron chi connectivity index (χ0n) is 9.62. The van der Waals surface area contributed by atoms with Gasteiger partial charge >= 0.3 is 0 Å². The Balaban J connectivity index is 2.23. The molecular formula is C12H7N7. The standard InChI is InChI=1S/C12H7N7/c13-4-10-11(5-14)19(6-16-10)12-17-8-2-1-7(15)3-9(8)18-12/h1-3,6H,15H2,(H,17,18). The van der Waals surface area contributed by atoms with Crippen molar-refractivity contribution in [3.63, 3.8) is 0 Å². The maximum Gasteiger partial charge on any atom is 0.214 e. The number of fused-ring (bicyclic) bond motifs is 1. The number of H-pyrrole nitrogens is 1. The molecule has 0 fully saturated rings. The summed E-state index contributed by atoms with van der Waals surface area (Å²) in [6.07, 6.45) is 1.39. The first-order chi connectivity index (χ1) is 9.22. The van der Waals surface area contributed by atoms with E-state index in [1.54, 1.807) is 18.2 Å². The number of aromatic nitrogens is 4. The summed E-state index contributed by atoms with van der Waals surface area (Å²) in [5.74, 6) is 0.422. The second-order valence-electron chi connectivity index (χ2n) is 3.87. The topological polar surface area (TPSA) is 120 Å². The van der Waals surface area contributed by atoms with E-state index in [0.29, 0.717) is 11.6 Å². The number of nitrogens with one attached hydrogen (secondary N) is 1. The van der Waals surface area contributed by atoms with Crippen LogP contribution in [0.5, 0.6) is 0 Å². The minimum absolute atomic E-state index is 0.0717. The Hall–Kier alpha value is -3.32. The first kappa shape index (κ1) is 10.8. The number of nitrogens with two attached hydrogens (primary N) is 1. The first-order valence-corrected chi connectivity index (χ1v) is 5.36. The molecule has 0 bridgehead atoms. The highest BCUT2D eigenvalue weighted by molar-refractivity contribution is 5.79. The third-order valence-electron chi connectivity index (χ3n) is 2.70. The molecular weight excluding hydrogens is 242 g/mol. The van der Waals surface area contributed by atoms with Crippen LogP contribution in [0.25, 0.3) is 17.0 Å². The number of nitrogens with zero attached hydrogens (tertiary/aromatic N) is 5. The summed E-state index contributed by atoms with van der Waals surface area (Å²) in [4.78, 5) is 11.2. The molecule has 0 saturated carbocycles. The van der Waals surface area contributed by atoms with Crippen LogP contribution in [0.3, 0.4) is 0 Å². The van der Waals surface area contributed by atoms with Crippen molar-refractivity contribution in [2.24, 2.45) is 0 Å². The molecule has 7 heteroatoms. The molecule has 7 nitrogen and oxygen atoms in total. The fourth-order valence-corrected chi connectivity index (χ4v) is 1.83. The quantitative estimate of drug-likeness (QED) is 0.625. The van der Waals surface area contributed by atoms with Gasteiger partial charge in [0.2, 0.25) is 5.95 Å². The SMILES string of the molecule is N#Cc1ncn(-c2nc3ccc(N)cc3[nH]2)c1C#N. The second kappa shape index (κ2) is 3.86. The molecule has 19 heavy (non-hydrogen) atoms. The highest BCUT2D eigenvalue weighted by Gasteiger charge is 2.14. The molecule has 3 rings (SSSR count). The normalized spacial score (nSPS) is 10.2. The van der Waals surface area contributed by atoms with E-state index in [0.717, 1.165) is 11.0 Å². The Morgan fingerprint density at radius 2 is 2.11 bits per heavy atom. The van der Waals surface area contributed by atoms with E-state index in [2.05, 4.69) is 15.0 Å². The van der Waals surface area contributed by atoms with Crippen molar-refractivity contribution in [3.05, 3.63) is 35.9 Å². The summed E-state index contributed by atoms with van der Waals surface area (Å²) in [5, 5.41) is 17.9. The van der Waals surface area contributed by atoms with E-state index in [1.165, 1.54) is 10.9 Å². The number of imidazole rings is 2. The number of hydrogen-bond donors (Lipinski definition) is 2. The van der Waals surface area contributed by atoms with Gasteiger partial charge in [-0.05, 0) is 18.2 Å². The van der Waals surface area contributed by atoms with Crippen LogP contribution in [0.2, 0.25) is 0 Å². The minimum Gasteiger partial charge on any atom is -0.399 e. The molecule has 1 aromatic carbocycles. The zero-order valence-corrected chi connectivity index (χ0v) is 9.62. The van der Waals surface area contributed by atoms with Gasteiger partial charge in [-0.2, -0.15) is 10.5 Å². The van der Waals surface area contributed by atoms with Crippen LogP contribution in [0, 0.1) is 22.7 Å². The summed E-state index contributed by atoms with van der Waals surface area (Å²) in [6, 6.07) is 9.08. The van der Waals surface area contributed by atoms with Crippen molar-refractivity contribution < 1.29 is 0 Å². The molecule has 3 aromatic rings. The van der Waals surface area contributed by atoms with Gasteiger partial charge < -0.3 is 10.7 Å². The van der Waals surface area contributed by atoms with Crippen LogP contribution >= 0.6 is 0 Å². The molecule has 0 atom stereocenters. The molecule has 0 aliphatic rings. The fraction of sp³-hybridized carbons (Fsp3) is 0. The predicted molar refractivity (Wildman–Crippen MR) is 67.1 cm³/mol. The molecule has 3 N–H and O–H groups in total. The highest BCUT2D eigenvalue weighted by atomic mass is 15.2. The molecule has 0 radical (unpaired) electrons. The maximum atomic E-state index is 9.08. The Kier molecular flexibility index (Phi) is 2.20. The second-order valence-corrected chi connectivity index (χ2v) is 3.87. The molecule has 0 amide bonds. The van der Waals surface area contributed by atoms with Crippen LogP contribution < -0.4 is 5.73 Å². The smallest absolute Gasteiger partial charge is 0.214 e. The minimum atomic E-state index is 0.0717. The van der Waals surface area contributed by atoms with Crippen LogP contribution in [0.1, 0.15) is 11.4 Å². The summed E-state index contributed by atoms with van der Waals surface area (Å²) >= 11 is 0. The molecule has 2 aromatic heterocycles. The van der Waals surface area contributed by atoms with Gasteiger partial charge in [0.15, 0.2) is 11.4 Å². The number of nitriles is 2. The van der Waals surface area contributed by atoms with Gasteiger partial charge in [-0.1, -0.05) is 0 Å². The molecule has 0 aliphatic carbocycles. The van der Waals surface area contributed by atoms with E-state index >= 15 is 0 Å². The zero-order chi connectivity index (χ0) is 13.4. The van der Waals surface area contributed by atoms with Gasteiger partial charge in [-0.25, -0.2) is 9.97 Å². The average Bonchev–Trinajstić information content (AvgIpc) is 3.00. The van der Waals surface area contributed by atoms with E-state index in [9.17, 15) is 0 Å². The van der Waals surface area contributed by atoms with Crippen LogP contribution in [-0.2, 0) is 0 Å². The molecule has 2 heterocycles. The number of rotatable bonds is 1. The third-order valence-corrected chi connectivity index (χ3v) is 2.70. The number of anilines is 1. The number of benzene rings is 1. The lowest BCUT2D eigenvalue weighted by Gasteiger charge is -1.96. The van der Waals surface area contributed by atoms with E-state index < -0.39 is 0 Å². The number of aromatic amines is 1. The molecule has 0 saturated heterocycles. The fourth-order valence-electron chi connectivity index (χ4n) is 1.83. The monoisotopic (exact) mass is 249 g/mol. The van der Waals surface area contributed by atoms with Crippen molar-refractivity contribution >= 4 is 16.7 Å². The van der Waals surface area contributed by atoms with Crippen molar-refractivity contribution in [1.29, 1.82) is 10.5 Å². The lowest BCUT2D eigenvalue weighted by atomic mass is 10.3. The van der Waals surface area contributed by atoms with Gasteiger partial charge in [-0.3, -0.25) is 4.57 Å². The van der Waals surface area contributed by atoms with Gasteiger partial charge in [0.25, 0.3) is 0 Å². The van der Waals surface area contributed by atoms with Crippen LogP contribution in [0.4, 0.5) is 5.69 Å². The average molecular weight is 249 g/mol. The lowest BCUT2D eigenvalue weighted by molar-refractivity contribution is 0.951. The van der Waals surface area contributed by atoms with Gasteiger partial charge in [0.05, 0.1) is 11.0 Å². The van der Waals surface area contributed by atoms with Gasteiger partial charge in [0, 0.05) is 5.69 Å². The summed E-state index contributed by atoms with van der Waals surface area (Å²) < 4.78 is 1.44. The Morgan fingerprint density at radius 3 is 2.84 bits per heavy atom. The Bertz CT molecular complexity index is 856. The molecule has 90 valence electrons. The van der Waals surface area contributed by atoms with Crippen molar-refractivity contribution in [1.82, 2.24) is 19.5 Å². The van der Waals surface area contributed by atoms with Crippen molar-refractivity contribution in [2.75, 3.05) is 5.73 Å². The van der Waals surface area contributed by atoms with Crippen LogP contribution in [0.15, 0.2) is 24.5 Å². The van der Waals surface area contributed by atoms with Crippen molar-refractivity contribution in [2.45, 2.75) is 0 Å². The third kappa shape index (κ3) is 1.58. The number of hydrogen-bond acceptors (Lipinski definition) is 5. The maximum absolute atomic E-state index is 9.08. The summed E-state index contributed by atoms with van der Waals surface area (Å²) in [5.41, 5.74) is 8.01. The Morgan fingerprint density at radius 1 is 1.26 bits per heavy atom. The van der Waals surface area contributed by atoms with Gasteiger partial charge in [0.1, 0.15) is 18.5 Å². The summed E-state index contributed by atoms with van der Waals surface area (Å²) in [7, 11) is 0. The molecule has 0 spiro atoms. The van der Waals surface area contributed by atoms with E-state index in [4.69, 9.17) is 16.3 Å². The Labute approximate surface area is 107 Å².